The molecule has 2 heterocycles. The summed E-state index contributed by atoms with van der Waals surface area (Å²) in [4.78, 5) is 47.2. The molecular formula is C27H24O9. The van der Waals surface area contributed by atoms with Crippen LogP contribution in [0.1, 0.15) is 38.8 Å². The van der Waals surface area contributed by atoms with Gasteiger partial charge in [0.05, 0.1) is 0 Å². The van der Waals surface area contributed by atoms with Crippen molar-refractivity contribution < 1.29 is 37.7 Å². The van der Waals surface area contributed by atoms with Crippen molar-refractivity contribution in [3.63, 3.8) is 0 Å². The lowest BCUT2D eigenvalue weighted by Crippen LogP contribution is -2.48. The van der Waals surface area contributed by atoms with Crippen LogP contribution in [0.5, 0.6) is 17.2 Å². The van der Waals surface area contributed by atoms with Crippen molar-refractivity contribution in [2.75, 3.05) is 0 Å². The summed E-state index contributed by atoms with van der Waals surface area (Å²) in [7, 11) is 0. The van der Waals surface area contributed by atoms with Crippen LogP contribution in [-0.4, -0.2) is 29.6 Å². The molecule has 36 heavy (non-hydrogen) atoms. The average Bonchev–Trinajstić information content (AvgIpc) is 2.78. The van der Waals surface area contributed by atoms with Crippen molar-refractivity contribution >= 4 is 35.0 Å². The summed E-state index contributed by atoms with van der Waals surface area (Å²) < 4.78 is 27.4. The summed E-state index contributed by atoms with van der Waals surface area (Å²) in [5, 5.41) is 0.729. The molecule has 0 aliphatic carbocycles. The van der Waals surface area contributed by atoms with Crippen molar-refractivity contribution in [2.45, 2.75) is 45.8 Å². The molecule has 0 bridgehead atoms. The van der Waals surface area contributed by atoms with Crippen molar-refractivity contribution in [3.8, 4) is 17.2 Å². The Bertz CT molecular complexity index is 1450. The monoisotopic (exact) mass is 492 g/mol. The van der Waals surface area contributed by atoms with Gasteiger partial charge in [-0.25, -0.2) is 9.59 Å². The Morgan fingerprint density at radius 3 is 2.50 bits per heavy atom. The molecule has 3 aromatic rings. The average molecular weight is 492 g/mol. The smallest absolute Gasteiger partial charge is 0.336 e. The first-order valence-electron chi connectivity index (χ1n) is 11.2. The molecule has 0 spiro atoms. The molecule has 0 saturated heterocycles. The van der Waals surface area contributed by atoms with Gasteiger partial charge in [0.15, 0.2) is 11.5 Å². The van der Waals surface area contributed by atoms with E-state index in [1.165, 1.54) is 38.1 Å². The molecule has 1 aliphatic heterocycles. The first kappa shape index (κ1) is 24.7. The van der Waals surface area contributed by atoms with Gasteiger partial charge in [0, 0.05) is 49.4 Å². The highest BCUT2D eigenvalue weighted by Crippen LogP contribution is 2.37. The van der Waals surface area contributed by atoms with Crippen LogP contribution in [0.3, 0.4) is 0 Å². The fourth-order valence-electron chi connectivity index (χ4n) is 3.87. The Morgan fingerprint density at radius 2 is 1.78 bits per heavy atom. The SMILES string of the molecule is CC(=O)Oc1cccc(/C=C/C(=O)O[C@H]2Cc3cc4ccc(=O)oc4cc3OC2(C)C)c1OC(C)=O. The number of carbonyl (C=O) groups excluding carboxylic acids is 3. The number of rotatable bonds is 5. The van der Waals surface area contributed by atoms with E-state index < -0.39 is 35.2 Å². The summed E-state index contributed by atoms with van der Waals surface area (Å²) in [6, 6.07) is 11.2. The largest absolute Gasteiger partial charge is 0.484 e. The van der Waals surface area contributed by atoms with Gasteiger partial charge in [0.2, 0.25) is 0 Å². The molecule has 4 rings (SSSR count). The lowest BCUT2D eigenvalue weighted by molar-refractivity contribution is -0.155. The van der Waals surface area contributed by atoms with E-state index in [2.05, 4.69) is 0 Å². The Labute approximate surface area is 206 Å². The highest BCUT2D eigenvalue weighted by molar-refractivity contribution is 5.89. The van der Waals surface area contributed by atoms with Crippen LogP contribution in [-0.2, 0) is 25.5 Å². The van der Waals surface area contributed by atoms with Crippen molar-refractivity contribution in [1.82, 2.24) is 0 Å². The fourth-order valence-corrected chi connectivity index (χ4v) is 3.87. The minimum Gasteiger partial charge on any atom is -0.484 e. The van der Waals surface area contributed by atoms with Gasteiger partial charge in [-0.1, -0.05) is 12.1 Å². The summed E-state index contributed by atoms with van der Waals surface area (Å²) in [5.74, 6) is -1.22. The topological polar surface area (TPSA) is 118 Å². The molecule has 0 radical (unpaired) electrons. The summed E-state index contributed by atoms with van der Waals surface area (Å²) in [6.07, 6.45) is 2.38. The maximum atomic E-state index is 12.7. The molecule has 2 aromatic carbocycles. The van der Waals surface area contributed by atoms with Crippen LogP contribution in [0.2, 0.25) is 0 Å². The zero-order chi connectivity index (χ0) is 26.0. The molecule has 186 valence electrons. The second-order valence-electron chi connectivity index (χ2n) is 8.78. The predicted molar refractivity (Wildman–Crippen MR) is 129 cm³/mol. The molecular weight excluding hydrogens is 468 g/mol. The zero-order valence-electron chi connectivity index (χ0n) is 20.2. The molecule has 1 atom stereocenters. The van der Waals surface area contributed by atoms with E-state index in [4.69, 9.17) is 23.4 Å². The van der Waals surface area contributed by atoms with Crippen LogP contribution >= 0.6 is 0 Å². The van der Waals surface area contributed by atoms with Crippen molar-refractivity contribution in [2.24, 2.45) is 0 Å². The summed E-state index contributed by atoms with van der Waals surface area (Å²) in [6.45, 7) is 6.03. The van der Waals surface area contributed by atoms with Crippen LogP contribution in [0.4, 0.5) is 0 Å². The van der Waals surface area contributed by atoms with Gasteiger partial charge in [0.25, 0.3) is 0 Å². The number of hydrogen-bond donors (Lipinski definition) is 0. The third kappa shape index (κ3) is 5.46. The lowest BCUT2D eigenvalue weighted by atomic mass is 9.90. The predicted octanol–water partition coefficient (Wildman–Crippen LogP) is 3.98. The molecule has 0 N–H and O–H groups in total. The first-order chi connectivity index (χ1) is 17.0. The Kier molecular flexibility index (Phi) is 6.65. The van der Waals surface area contributed by atoms with Gasteiger partial charge >= 0.3 is 23.5 Å². The third-order valence-electron chi connectivity index (χ3n) is 5.52. The van der Waals surface area contributed by atoms with Crippen LogP contribution in [0, 0.1) is 0 Å². The number of benzene rings is 2. The van der Waals surface area contributed by atoms with Gasteiger partial charge in [-0.15, -0.1) is 0 Å². The third-order valence-corrected chi connectivity index (χ3v) is 5.52. The van der Waals surface area contributed by atoms with Crippen molar-refractivity contribution in [1.29, 1.82) is 0 Å². The molecule has 0 amide bonds. The molecule has 0 saturated carbocycles. The van der Waals surface area contributed by atoms with E-state index >= 15 is 0 Å². The second kappa shape index (κ2) is 9.69. The quantitative estimate of drug-likeness (QED) is 0.225. The van der Waals surface area contributed by atoms with Gasteiger partial charge in [-0.2, -0.15) is 0 Å². The maximum absolute atomic E-state index is 12.7. The molecule has 1 aliphatic rings. The first-order valence-corrected chi connectivity index (χ1v) is 11.2. The zero-order valence-corrected chi connectivity index (χ0v) is 20.2. The van der Waals surface area contributed by atoms with Gasteiger partial charge in [-0.3, -0.25) is 9.59 Å². The van der Waals surface area contributed by atoms with E-state index in [1.54, 1.807) is 38.1 Å². The highest BCUT2D eigenvalue weighted by Gasteiger charge is 2.39. The van der Waals surface area contributed by atoms with E-state index in [0.29, 0.717) is 23.3 Å². The van der Waals surface area contributed by atoms with Crippen molar-refractivity contribution in [3.05, 3.63) is 70.1 Å². The maximum Gasteiger partial charge on any atom is 0.336 e. The second-order valence-corrected chi connectivity index (χ2v) is 8.78. The normalized spacial score (nSPS) is 16.2. The van der Waals surface area contributed by atoms with Gasteiger partial charge < -0.3 is 23.4 Å². The minimum absolute atomic E-state index is 0.0121. The van der Waals surface area contributed by atoms with Crippen LogP contribution < -0.4 is 19.8 Å². The number of carbonyl (C=O) groups is 3. The fraction of sp³-hybridized carbons (Fsp3) is 0.259. The number of hydrogen-bond acceptors (Lipinski definition) is 9. The summed E-state index contributed by atoms with van der Waals surface area (Å²) >= 11 is 0. The summed E-state index contributed by atoms with van der Waals surface area (Å²) in [5.41, 5.74) is 0.251. The number of ether oxygens (including phenoxy) is 4. The molecule has 0 unspecified atom stereocenters. The standard InChI is InChI=1S/C27H24O9/c1-15(28)32-20-7-5-6-17(26(20)33-16(2)29)8-10-25(31)35-23-13-19-12-18-9-11-24(30)34-21(18)14-22(19)36-27(23,3)4/h5-12,14,23H,13H2,1-4H3/b10-8+/t23-/m0/s1. The van der Waals surface area contributed by atoms with E-state index in [-0.39, 0.29) is 11.5 Å². The van der Waals surface area contributed by atoms with Gasteiger partial charge in [-0.05, 0) is 43.7 Å². The highest BCUT2D eigenvalue weighted by atomic mass is 16.6. The Morgan fingerprint density at radius 1 is 1.03 bits per heavy atom. The molecule has 1 aromatic heterocycles. The molecule has 0 fully saturated rings. The van der Waals surface area contributed by atoms with E-state index in [9.17, 15) is 19.2 Å². The minimum atomic E-state index is -0.864. The van der Waals surface area contributed by atoms with Crippen LogP contribution in [0.15, 0.2) is 57.8 Å². The van der Waals surface area contributed by atoms with Crippen LogP contribution in [0.25, 0.3) is 17.0 Å². The molecule has 9 heteroatoms. The Hall–Kier alpha value is -4.40. The lowest BCUT2D eigenvalue weighted by Gasteiger charge is -2.39. The number of para-hydroxylation sites is 1. The number of fused-ring (bicyclic) bond motifs is 2. The van der Waals surface area contributed by atoms with E-state index in [1.807, 2.05) is 6.07 Å². The molecule has 9 nitrogen and oxygen atoms in total. The van der Waals surface area contributed by atoms with E-state index in [0.717, 1.165) is 10.9 Å². The number of esters is 3. The Balaban J connectivity index is 1.55. The van der Waals surface area contributed by atoms with Gasteiger partial charge in [0.1, 0.15) is 23.0 Å².